The standard InChI is InChI=1S/C12H12BrClN2O/c13-10-4-9(5-11(14)6-10)12(16-15)3-8-1-2-17-7-8/h1-2,4-7,12,16H,3,15H2. The fourth-order valence-electron chi connectivity index (χ4n) is 1.69. The Morgan fingerprint density at radius 3 is 2.82 bits per heavy atom. The van der Waals surface area contributed by atoms with Crippen molar-refractivity contribution in [1.82, 2.24) is 5.43 Å². The van der Waals surface area contributed by atoms with E-state index in [2.05, 4.69) is 21.4 Å². The predicted octanol–water partition coefficient (Wildman–Crippen LogP) is 3.44. The molecule has 1 unspecified atom stereocenters. The van der Waals surface area contributed by atoms with E-state index in [-0.39, 0.29) is 6.04 Å². The summed E-state index contributed by atoms with van der Waals surface area (Å²) in [6.07, 6.45) is 4.11. The minimum atomic E-state index is 0.00241. The number of hydrazine groups is 1. The Morgan fingerprint density at radius 2 is 2.24 bits per heavy atom. The van der Waals surface area contributed by atoms with Gasteiger partial charge in [0.25, 0.3) is 0 Å². The van der Waals surface area contributed by atoms with E-state index >= 15 is 0 Å². The number of halogens is 2. The van der Waals surface area contributed by atoms with Gasteiger partial charge in [-0.1, -0.05) is 27.5 Å². The summed E-state index contributed by atoms with van der Waals surface area (Å²) in [4.78, 5) is 0. The second-order valence-electron chi connectivity index (χ2n) is 3.76. The molecule has 1 aromatic carbocycles. The number of nitrogens with one attached hydrogen (secondary N) is 1. The molecule has 17 heavy (non-hydrogen) atoms. The van der Waals surface area contributed by atoms with Crippen molar-refractivity contribution in [1.29, 1.82) is 0 Å². The summed E-state index contributed by atoms with van der Waals surface area (Å²) < 4.78 is 5.98. The van der Waals surface area contributed by atoms with Crippen LogP contribution in [-0.4, -0.2) is 0 Å². The van der Waals surface area contributed by atoms with E-state index in [1.165, 1.54) is 0 Å². The van der Waals surface area contributed by atoms with Gasteiger partial charge in [0.2, 0.25) is 0 Å². The maximum atomic E-state index is 6.02. The summed E-state index contributed by atoms with van der Waals surface area (Å²) >= 11 is 9.43. The van der Waals surface area contributed by atoms with Gasteiger partial charge in [-0.05, 0) is 41.8 Å². The number of furan rings is 1. The minimum Gasteiger partial charge on any atom is -0.472 e. The third kappa shape index (κ3) is 3.33. The van der Waals surface area contributed by atoms with Crippen LogP contribution in [0.1, 0.15) is 17.2 Å². The molecule has 90 valence electrons. The predicted molar refractivity (Wildman–Crippen MR) is 71.6 cm³/mol. The van der Waals surface area contributed by atoms with Gasteiger partial charge in [-0.15, -0.1) is 0 Å². The van der Waals surface area contributed by atoms with Gasteiger partial charge in [-0.2, -0.15) is 0 Å². The van der Waals surface area contributed by atoms with Crippen LogP contribution >= 0.6 is 27.5 Å². The number of benzene rings is 1. The molecule has 3 nitrogen and oxygen atoms in total. The molecule has 2 aromatic rings. The number of hydrogen-bond acceptors (Lipinski definition) is 3. The summed E-state index contributed by atoms with van der Waals surface area (Å²) in [5.74, 6) is 5.58. The van der Waals surface area contributed by atoms with Gasteiger partial charge in [0, 0.05) is 9.50 Å². The SMILES string of the molecule is NNC(Cc1ccoc1)c1cc(Cl)cc(Br)c1. The van der Waals surface area contributed by atoms with E-state index in [0.29, 0.717) is 5.02 Å². The molecule has 0 aliphatic heterocycles. The molecule has 0 fully saturated rings. The summed E-state index contributed by atoms with van der Waals surface area (Å²) in [6.45, 7) is 0. The largest absolute Gasteiger partial charge is 0.472 e. The zero-order valence-electron chi connectivity index (χ0n) is 8.99. The van der Waals surface area contributed by atoms with Crippen LogP contribution in [0.15, 0.2) is 45.7 Å². The molecule has 0 aliphatic carbocycles. The topological polar surface area (TPSA) is 51.2 Å². The smallest absolute Gasteiger partial charge is 0.0935 e. The van der Waals surface area contributed by atoms with Crippen molar-refractivity contribution in [2.45, 2.75) is 12.5 Å². The first-order valence-corrected chi connectivity index (χ1v) is 6.29. The highest BCUT2D eigenvalue weighted by atomic mass is 79.9. The van der Waals surface area contributed by atoms with Crippen molar-refractivity contribution in [3.63, 3.8) is 0 Å². The maximum absolute atomic E-state index is 6.02. The zero-order valence-corrected chi connectivity index (χ0v) is 11.3. The fraction of sp³-hybridized carbons (Fsp3) is 0.167. The number of hydrogen-bond donors (Lipinski definition) is 2. The van der Waals surface area contributed by atoms with Crippen LogP contribution in [0.5, 0.6) is 0 Å². The van der Waals surface area contributed by atoms with Crippen LogP contribution < -0.4 is 11.3 Å². The lowest BCUT2D eigenvalue weighted by atomic mass is 10.0. The van der Waals surface area contributed by atoms with Crippen LogP contribution in [0.3, 0.4) is 0 Å². The first kappa shape index (κ1) is 12.6. The molecule has 0 aliphatic rings. The van der Waals surface area contributed by atoms with Crippen molar-refractivity contribution in [2.75, 3.05) is 0 Å². The van der Waals surface area contributed by atoms with Crippen LogP contribution in [0.25, 0.3) is 0 Å². The van der Waals surface area contributed by atoms with Crippen molar-refractivity contribution in [3.05, 3.63) is 57.4 Å². The molecule has 2 rings (SSSR count). The van der Waals surface area contributed by atoms with Gasteiger partial charge in [-0.25, -0.2) is 0 Å². The summed E-state index contributed by atoms with van der Waals surface area (Å²) in [5, 5.41) is 0.682. The Balaban J connectivity index is 2.22. The average Bonchev–Trinajstić information content (AvgIpc) is 2.77. The Bertz CT molecular complexity index is 467. The van der Waals surface area contributed by atoms with E-state index in [4.69, 9.17) is 21.9 Å². The maximum Gasteiger partial charge on any atom is 0.0935 e. The lowest BCUT2D eigenvalue weighted by Crippen LogP contribution is -2.29. The van der Waals surface area contributed by atoms with Crippen molar-refractivity contribution < 1.29 is 4.42 Å². The van der Waals surface area contributed by atoms with Crippen LogP contribution in [0.2, 0.25) is 5.02 Å². The molecule has 3 N–H and O–H groups in total. The first-order chi connectivity index (χ1) is 8.19. The van der Waals surface area contributed by atoms with E-state index in [1.54, 1.807) is 12.5 Å². The molecule has 0 saturated carbocycles. The second-order valence-corrected chi connectivity index (χ2v) is 5.11. The highest BCUT2D eigenvalue weighted by Crippen LogP contribution is 2.25. The number of rotatable bonds is 4. The van der Waals surface area contributed by atoms with Gasteiger partial charge in [0.05, 0.1) is 18.6 Å². The van der Waals surface area contributed by atoms with E-state index < -0.39 is 0 Å². The monoisotopic (exact) mass is 314 g/mol. The Kier molecular flexibility index (Phi) is 4.23. The lowest BCUT2D eigenvalue weighted by molar-refractivity contribution is 0.536. The first-order valence-electron chi connectivity index (χ1n) is 5.12. The molecule has 1 heterocycles. The lowest BCUT2D eigenvalue weighted by Gasteiger charge is -2.16. The quantitative estimate of drug-likeness (QED) is 0.671. The highest BCUT2D eigenvalue weighted by Gasteiger charge is 2.12. The van der Waals surface area contributed by atoms with E-state index in [1.807, 2.05) is 24.3 Å². The highest BCUT2D eigenvalue weighted by molar-refractivity contribution is 9.10. The fourth-order valence-corrected chi connectivity index (χ4v) is 2.58. The van der Waals surface area contributed by atoms with Crippen LogP contribution in [0.4, 0.5) is 0 Å². The van der Waals surface area contributed by atoms with E-state index in [0.717, 1.165) is 22.0 Å². The van der Waals surface area contributed by atoms with Crippen molar-refractivity contribution in [2.24, 2.45) is 5.84 Å². The summed E-state index contributed by atoms with van der Waals surface area (Å²) in [5.41, 5.74) is 4.91. The molecule has 0 radical (unpaired) electrons. The summed E-state index contributed by atoms with van der Waals surface area (Å²) in [6, 6.07) is 7.66. The van der Waals surface area contributed by atoms with Crippen molar-refractivity contribution >= 4 is 27.5 Å². The van der Waals surface area contributed by atoms with Gasteiger partial charge in [0.15, 0.2) is 0 Å². The van der Waals surface area contributed by atoms with Crippen LogP contribution in [-0.2, 0) is 6.42 Å². The van der Waals surface area contributed by atoms with Crippen LogP contribution in [0, 0.1) is 0 Å². The molecule has 0 saturated heterocycles. The number of nitrogens with two attached hydrogens (primary N) is 1. The Morgan fingerprint density at radius 1 is 1.41 bits per heavy atom. The molecule has 0 bridgehead atoms. The van der Waals surface area contributed by atoms with Gasteiger partial charge in [-0.3, -0.25) is 11.3 Å². The average molecular weight is 316 g/mol. The minimum absolute atomic E-state index is 0.00241. The summed E-state index contributed by atoms with van der Waals surface area (Å²) in [7, 11) is 0. The molecule has 1 atom stereocenters. The molecule has 1 aromatic heterocycles. The normalized spacial score (nSPS) is 12.6. The zero-order chi connectivity index (χ0) is 12.3. The van der Waals surface area contributed by atoms with Gasteiger partial charge < -0.3 is 4.42 Å². The Labute approximate surface area is 113 Å². The van der Waals surface area contributed by atoms with Gasteiger partial charge >= 0.3 is 0 Å². The van der Waals surface area contributed by atoms with E-state index in [9.17, 15) is 0 Å². The molecule has 0 amide bonds. The van der Waals surface area contributed by atoms with Gasteiger partial charge in [0.1, 0.15) is 0 Å². The molecular formula is C12H12BrClN2O. The van der Waals surface area contributed by atoms with Crippen molar-refractivity contribution in [3.8, 4) is 0 Å². The Hall–Kier alpha value is -0.810. The molecular weight excluding hydrogens is 304 g/mol. The third-order valence-electron chi connectivity index (χ3n) is 2.51. The molecule has 0 spiro atoms. The third-order valence-corrected chi connectivity index (χ3v) is 3.18. The second kappa shape index (κ2) is 5.69. The molecule has 5 heteroatoms.